The molecule has 1 aliphatic rings. The minimum absolute atomic E-state index is 0.0130. The Morgan fingerprint density at radius 3 is 3.17 bits per heavy atom. The van der Waals surface area contributed by atoms with Crippen LogP contribution < -0.4 is 11.1 Å². The van der Waals surface area contributed by atoms with Crippen LogP contribution >= 0.6 is 0 Å². The number of amides is 1. The third kappa shape index (κ3) is 3.69. The highest BCUT2D eigenvalue weighted by Gasteiger charge is 2.18. The van der Waals surface area contributed by atoms with Crippen LogP contribution in [0.2, 0.25) is 0 Å². The third-order valence-corrected chi connectivity index (χ3v) is 3.11. The molecule has 1 aliphatic heterocycles. The summed E-state index contributed by atoms with van der Waals surface area (Å²) in [4.78, 5) is 17.9. The Hall–Kier alpha value is -1.63. The van der Waals surface area contributed by atoms with Crippen molar-refractivity contribution >= 4 is 11.9 Å². The van der Waals surface area contributed by atoms with E-state index in [2.05, 4.69) is 32.3 Å². The summed E-state index contributed by atoms with van der Waals surface area (Å²) >= 11 is 0. The Labute approximate surface area is 106 Å². The molecule has 1 aromatic heterocycles. The molecule has 0 spiro atoms. The van der Waals surface area contributed by atoms with Crippen LogP contribution in [0.15, 0.2) is 0 Å². The molecule has 7 heteroatoms. The molecule has 2 heterocycles. The first kappa shape index (κ1) is 12.8. The van der Waals surface area contributed by atoms with Gasteiger partial charge in [0.15, 0.2) is 0 Å². The molecule has 0 bridgehead atoms. The van der Waals surface area contributed by atoms with Crippen molar-refractivity contribution in [3.8, 4) is 0 Å². The number of H-pyrrole nitrogens is 1. The van der Waals surface area contributed by atoms with Crippen LogP contribution in [-0.2, 0) is 11.3 Å². The summed E-state index contributed by atoms with van der Waals surface area (Å²) in [5, 5.41) is 9.16. The second-order valence-corrected chi connectivity index (χ2v) is 4.90. The normalized spacial score (nSPS) is 20.8. The van der Waals surface area contributed by atoms with Gasteiger partial charge < -0.3 is 11.1 Å². The van der Waals surface area contributed by atoms with Crippen LogP contribution in [-0.4, -0.2) is 45.6 Å². The summed E-state index contributed by atoms with van der Waals surface area (Å²) in [5.74, 6) is 1.47. The van der Waals surface area contributed by atoms with Gasteiger partial charge in [-0.1, -0.05) is 6.92 Å². The largest absolute Gasteiger partial charge is 0.367 e. The van der Waals surface area contributed by atoms with Gasteiger partial charge in [-0.2, -0.15) is 4.98 Å². The second-order valence-electron chi connectivity index (χ2n) is 4.90. The van der Waals surface area contributed by atoms with Crippen LogP contribution in [0.25, 0.3) is 0 Å². The Kier molecular flexibility index (Phi) is 4.14. The lowest BCUT2D eigenvalue weighted by atomic mass is 10.0. The second kappa shape index (κ2) is 5.81. The van der Waals surface area contributed by atoms with Crippen molar-refractivity contribution in [2.75, 3.05) is 25.4 Å². The molecular weight excluding hydrogens is 232 g/mol. The van der Waals surface area contributed by atoms with Crippen molar-refractivity contribution in [3.05, 3.63) is 5.82 Å². The molecule has 100 valence electrons. The molecule has 0 aliphatic carbocycles. The zero-order valence-corrected chi connectivity index (χ0v) is 10.6. The minimum Gasteiger partial charge on any atom is -0.367 e. The van der Waals surface area contributed by atoms with Crippen LogP contribution in [0.1, 0.15) is 25.6 Å². The van der Waals surface area contributed by atoms with Gasteiger partial charge in [0.1, 0.15) is 5.82 Å². The zero-order valence-electron chi connectivity index (χ0n) is 10.6. The molecule has 4 N–H and O–H groups in total. The quantitative estimate of drug-likeness (QED) is 0.685. The van der Waals surface area contributed by atoms with Gasteiger partial charge in [-0.05, 0) is 25.3 Å². The van der Waals surface area contributed by atoms with Gasteiger partial charge in [-0.3, -0.25) is 14.8 Å². The number of carbonyl (C=O) groups excluding carboxylic acids is 1. The number of hydrogen-bond acceptors (Lipinski definition) is 5. The first-order valence-electron chi connectivity index (χ1n) is 6.29. The summed E-state index contributed by atoms with van der Waals surface area (Å²) in [6, 6.07) is 0. The van der Waals surface area contributed by atoms with Gasteiger partial charge in [-0.25, -0.2) is 0 Å². The highest BCUT2D eigenvalue weighted by atomic mass is 16.2. The molecule has 2 rings (SSSR count). The van der Waals surface area contributed by atoms with E-state index in [9.17, 15) is 4.79 Å². The molecule has 1 saturated heterocycles. The van der Waals surface area contributed by atoms with Crippen molar-refractivity contribution in [1.82, 2.24) is 25.4 Å². The topological polar surface area (TPSA) is 99.9 Å². The SMILES string of the molecule is C[C@@H]1CCCN(CC(=O)NCc2nc(N)n[nH]2)C1. The van der Waals surface area contributed by atoms with Gasteiger partial charge in [0, 0.05) is 6.54 Å². The molecule has 1 aromatic rings. The fraction of sp³-hybridized carbons (Fsp3) is 0.727. The molecule has 0 aromatic carbocycles. The lowest BCUT2D eigenvalue weighted by molar-refractivity contribution is -0.122. The molecule has 1 amide bonds. The molecule has 1 fully saturated rings. The molecule has 18 heavy (non-hydrogen) atoms. The Morgan fingerprint density at radius 1 is 1.67 bits per heavy atom. The smallest absolute Gasteiger partial charge is 0.239 e. The highest BCUT2D eigenvalue weighted by Crippen LogP contribution is 2.14. The van der Waals surface area contributed by atoms with Crippen LogP contribution in [0.4, 0.5) is 5.95 Å². The molecular formula is C11H20N6O. The Bertz CT molecular complexity index is 404. The van der Waals surface area contributed by atoms with E-state index in [0.29, 0.717) is 24.8 Å². The van der Waals surface area contributed by atoms with E-state index in [0.717, 1.165) is 13.1 Å². The molecule has 7 nitrogen and oxygen atoms in total. The number of hydrogen-bond donors (Lipinski definition) is 3. The molecule has 0 saturated carbocycles. The summed E-state index contributed by atoms with van der Waals surface area (Å²) in [5.41, 5.74) is 5.38. The van der Waals surface area contributed by atoms with Crippen molar-refractivity contribution in [2.45, 2.75) is 26.3 Å². The minimum atomic E-state index is 0.0130. The Morgan fingerprint density at radius 2 is 2.50 bits per heavy atom. The van der Waals surface area contributed by atoms with E-state index in [1.807, 2.05) is 0 Å². The number of nitrogens with zero attached hydrogens (tertiary/aromatic N) is 3. The van der Waals surface area contributed by atoms with E-state index in [1.165, 1.54) is 12.8 Å². The average Bonchev–Trinajstić information content (AvgIpc) is 2.73. The van der Waals surface area contributed by atoms with E-state index >= 15 is 0 Å². The molecule has 1 atom stereocenters. The highest BCUT2D eigenvalue weighted by molar-refractivity contribution is 5.77. The predicted octanol–water partition coefficient (Wildman–Crippen LogP) is -0.265. The lowest BCUT2D eigenvalue weighted by Gasteiger charge is -2.30. The van der Waals surface area contributed by atoms with Crippen molar-refractivity contribution in [3.63, 3.8) is 0 Å². The number of nitrogen functional groups attached to an aromatic ring is 1. The monoisotopic (exact) mass is 252 g/mol. The first-order valence-corrected chi connectivity index (χ1v) is 6.29. The van der Waals surface area contributed by atoms with Crippen molar-refractivity contribution in [2.24, 2.45) is 5.92 Å². The number of nitrogens with two attached hydrogens (primary N) is 1. The number of rotatable bonds is 4. The van der Waals surface area contributed by atoms with E-state index in [-0.39, 0.29) is 11.9 Å². The zero-order chi connectivity index (χ0) is 13.0. The summed E-state index contributed by atoms with van der Waals surface area (Å²) in [6.07, 6.45) is 2.43. The maximum Gasteiger partial charge on any atom is 0.239 e. The maximum absolute atomic E-state index is 11.8. The van der Waals surface area contributed by atoms with Crippen LogP contribution in [0.3, 0.4) is 0 Å². The van der Waals surface area contributed by atoms with Crippen molar-refractivity contribution < 1.29 is 4.79 Å². The number of likely N-dealkylation sites (tertiary alicyclic amines) is 1. The van der Waals surface area contributed by atoms with E-state index < -0.39 is 0 Å². The number of nitrogens with one attached hydrogen (secondary N) is 2. The number of piperidine rings is 1. The van der Waals surface area contributed by atoms with Gasteiger partial charge in [0.25, 0.3) is 0 Å². The summed E-state index contributed by atoms with van der Waals surface area (Å²) in [7, 11) is 0. The third-order valence-electron chi connectivity index (χ3n) is 3.11. The standard InChI is InChI=1S/C11H20N6O/c1-8-3-2-4-17(6-8)7-10(18)13-5-9-14-11(12)16-15-9/h8H,2-7H2,1H3,(H,13,18)(H3,12,14,15,16)/t8-/m1/s1. The Balaban J connectivity index is 1.71. The molecule has 0 unspecified atom stereocenters. The summed E-state index contributed by atoms with van der Waals surface area (Å²) < 4.78 is 0. The van der Waals surface area contributed by atoms with Gasteiger partial charge in [0.05, 0.1) is 13.1 Å². The lowest BCUT2D eigenvalue weighted by Crippen LogP contribution is -2.41. The summed E-state index contributed by atoms with van der Waals surface area (Å²) in [6.45, 7) is 5.03. The fourth-order valence-corrected chi connectivity index (χ4v) is 2.26. The van der Waals surface area contributed by atoms with Gasteiger partial charge >= 0.3 is 0 Å². The number of anilines is 1. The number of aromatic nitrogens is 3. The van der Waals surface area contributed by atoms with Gasteiger partial charge in [0.2, 0.25) is 11.9 Å². The van der Waals surface area contributed by atoms with E-state index in [1.54, 1.807) is 0 Å². The van der Waals surface area contributed by atoms with Crippen LogP contribution in [0.5, 0.6) is 0 Å². The molecule has 0 radical (unpaired) electrons. The average molecular weight is 252 g/mol. The van der Waals surface area contributed by atoms with Crippen LogP contribution in [0, 0.1) is 5.92 Å². The number of aromatic amines is 1. The van der Waals surface area contributed by atoms with Gasteiger partial charge in [-0.15, -0.1) is 5.10 Å². The maximum atomic E-state index is 11.8. The van der Waals surface area contributed by atoms with E-state index in [4.69, 9.17) is 5.73 Å². The first-order chi connectivity index (χ1) is 8.63. The fourth-order valence-electron chi connectivity index (χ4n) is 2.26. The predicted molar refractivity (Wildman–Crippen MR) is 67.5 cm³/mol. The number of carbonyl (C=O) groups is 1. The van der Waals surface area contributed by atoms with Crippen molar-refractivity contribution in [1.29, 1.82) is 0 Å².